The van der Waals surface area contributed by atoms with E-state index in [2.05, 4.69) is 9.44 Å². The number of halogens is 6. The fourth-order valence-corrected chi connectivity index (χ4v) is 20.0. The van der Waals surface area contributed by atoms with Gasteiger partial charge in [-0.1, -0.05) is 89.1 Å². The molecule has 12 rings (SSSR count). The summed E-state index contributed by atoms with van der Waals surface area (Å²) in [6.07, 6.45) is 8.15. The molecule has 2 aromatic carbocycles. The SMILES string of the molecule is CC[C@@H]1C[C@@H](C)CC/C=C\[C@@H]2C[C@@]2(C(=O)NS(=O)(=O)C2(C)CC2)CC(=O)[C@@H]2C[C@@H](OC(=O)N3Cc4cccc(F)c4C3)CN2C(=O)[C@H]1CC(=O)OC(C)(C)C(C)(F)F.CC[C@@H]1C[C@H](C)CC/C=C\[C@@H]2C[C@@]2(C(=O)NS(=O)(=O)C2(C)CC2)CC(=O)[C@@H]2C[C@@H](OC(=O)N3Cc4cccc(F)c4C3)CN2C(=O)[C@H]1CC(=O)OC(C)(C)C(C)(F)F. The zero-order chi connectivity index (χ0) is 85.2. The van der Waals surface area contributed by atoms with Crippen molar-refractivity contribution in [1.82, 2.24) is 29.0 Å². The quantitative estimate of drug-likeness (QED) is 0.0606. The van der Waals surface area contributed by atoms with Crippen LogP contribution < -0.4 is 9.44 Å². The average Bonchev–Trinajstić information content (AvgIpc) is 1.57. The van der Waals surface area contributed by atoms with Crippen molar-refractivity contribution in [3.05, 3.63) is 94.6 Å². The standard InChI is InChI=1S/2C42H56F3N3O9S/c2*1-7-26-17-25(2)11-8-9-13-28-20-42(28,37(52)46-58(54,55)40(5)15-16-40)21-34(49)33-18-29(56-38(53)47-22-27-12-10-14-32(43)31(27)24-47)23-48(33)36(51)30(26)19-35(50)57-39(3,4)41(6,44)45/h2*9-10,12-14,25-26,28-30,33H,7-8,11,15-24H2,1-6H3,(H,46,52)/b2*13-9-/t25-,26+,28+,29+,30-,33-,42+;25-,26-,28-,29-,30+,33+,42-/m01/s1. The second-order valence-corrected chi connectivity index (χ2v) is 40.7. The first-order chi connectivity index (χ1) is 54.0. The zero-order valence-electron chi connectivity index (χ0n) is 68.3. The van der Waals surface area contributed by atoms with E-state index in [4.69, 9.17) is 18.9 Å². The van der Waals surface area contributed by atoms with Crippen molar-refractivity contribution in [1.29, 1.82) is 0 Å². The normalized spacial score (nSPS) is 30.6. The minimum absolute atomic E-state index is 0.0401. The zero-order valence-corrected chi connectivity index (χ0v) is 69.9. The van der Waals surface area contributed by atoms with Crippen molar-refractivity contribution in [2.75, 3.05) is 13.1 Å². The van der Waals surface area contributed by atoms with Crippen molar-refractivity contribution in [2.45, 2.75) is 295 Å². The summed E-state index contributed by atoms with van der Waals surface area (Å²) < 4.78 is 164. The van der Waals surface area contributed by atoms with E-state index in [9.17, 15) is 91.1 Å². The summed E-state index contributed by atoms with van der Waals surface area (Å²) in [4.78, 5) is 146. The van der Waals surface area contributed by atoms with Crippen molar-refractivity contribution in [3.63, 3.8) is 0 Å². The van der Waals surface area contributed by atoms with Gasteiger partial charge in [0.05, 0.1) is 83.3 Å². The monoisotopic (exact) mass is 1670 g/mol. The Morgan fingerprint density at radius 2 is 0.888 bits per heavy atom. The lowest BCUT2D eigenvalue weighted by molar-refractivity contribution is -0.197. The second-order valence-electron chi connectivity index (χ2n) is 36.3. The van der Waals surface area contributed by atoms with E-state index in [1.165, 1.54) is 31.7 Å². The van der Waals surface area contributed by atoms with Crippen molar-refractivity contribution < 1.29 is 110 Å². The largest absolute Gasteiger partial charge is 0.453 e. The Kier molecular flexibility index (Phi) is 25.6. The maximum atomic E-state index is 14.9. The molecule has 2 saturated heterocycles. The predicted molar refractivity (Wildman–Crippen MR) is 411 cm³/mol. The van der Waals surface area contributed by atoms with Crippen LogP contribution in [0.4, 0.5) is 35.9 Å². The van der Waals surface area contributed by atoms with Crippen LogP contribution in [0.3, 0.4) is 0 Å². The van der Waals surface area contributed by atoms with Gasteiger partial charge in [-0.3, -0.25) is 57.6 Å². The molecule has 0 unspecified atom stereocenters. The maximum Gasteiger partial charge on any atom is 0.410 e. The Labute approximate surface area is 675 Å². The van der Waals surface area contributed by atoms with Gasteiger partial charge in [0.25, 0.3) is 11.8 Å². The van der Waals surface area contributed by atoms with Gasteiger partial charge in [0.2, 0.25) is 43.7 Å². The number of nitrogens with one attached hydrogen (secondary N) is 2. The molecule has 6 fully saturated rings. The van der Waals surface area contributed by atoms with E-state index in [0.29, 0.717) is 113 Å². The fraction of sp³-hybridized carbons (Fsp3) is 0.690. The predicted octanol–water partition coefficient (Wildman–Crippen LogP) is 13.2. The molecule has 24 nitrogen and oxygen atoms in total. The number of amides is 6. The van der Waals surface area contributed by atoms with Gasteiger partial charge >= 0.3 is 24.1 Å². The van der Waals surface area contributed by atoms with Crippen LogP contribution in [-0.2, 0) is 104 Å². The summed E-state index contributed by atoms with van der Waals surface area (Å²) in [5.74, 6) is -17.5. The first kappa shape index (κ1) is 88.9. The number of carbonyl (C=O) groups is 10. The van der Waals surface area contributed by atoms with Crippen LogP contribution in [-0.4, -0.2) is 166 Å². The molecule has 0 radical (unpaired) electrons. The molecule has 4 saturated carbocycles. The molecule has 10 aliphatic rings. The van der Waals surface area contributed by atoms with Crippen LogP contribution in [0.25, 0.3) is 0 Å². The van der Waals surface area contributed by atoms with Gasteiger partial charge in [0.15, 0.2) is 22.8 Å². The Morgan fingerprint density at radius 3 is 1.21 bits per heavy atom. The van der Waals surface area contributed by atoms with E-state index in [1.54, 1.807) is 38.1 Å². The minimum Gasteiger partial charge on any atom is -0.453 e. The van der Waals surface area contributed by atoms with E-state index in [0.717, 1.165) is 27.7 Å². The number of esters is 2. The summed E-state index contributed by atoms with van der Waals surface area (Å²) in [5.41, 5.74) is -5.22. The van der Waals surface area contributed by atoms with Gasteiger partial charge in [-0.15, -0.1) is 0 Å². The maximum absolute atomic E-state index is 14.9. The van der Waals surface area contributed by atoms with E-state index in [-0.39, 0.29) is 76.8 Å². The molecule has 14 atom stereocenters. The Balaban J connectivity index is 0.000000228. The van der Waals surface area contributed by atoms with Crippen molar-refractivity contribution in [2.24, 2.45) is 58.2 Å². The Morgan fingerprint density at radius 1 is 0.534 bits per heavy atom. The number of rotatable bonds is 18. The van der Waals surface area contributed by atoms with Crippen LogP contribution in [0.1, 0.15) is 234 Å². The third kappa shape index (κ3) is 19.0. The highest BCUT2D eigenvalue weighted by Crippen LogP contribution is 2.60. The summed E-state index contributed by atoms with van der Waals surface area (Å²) >= 11 is 0. The number of fused-ring (bicyclic) bond motifs is 6. The van der Waals surface area contributed by atoms with Crippen LogP contribution in [0.5, 0.6) is 0 Å². The van der Waals surface area contributed by atoms with Crippen LogP contribution in [0.15, 0.2) is 60.7 Å². The Hall–Kier alpha value is -7.90. The smallest absolute Gasteiger partial charge is 0.410 e. The molecule has 640 valence electrons. The molecule has 2 aromatic rings. The second kappa shape index (κ2) is 33.4. The third-order valence-electron chi connectivity index (χ3n) is 26.8. The number of alkyl halides is 4. The summed E-state index contributed by atoms with van der Waals surface area (Å²) in [5, 5.41) is 0. The molecule has 6 aliphatic heterocycles. The molecule has 4 aliphatic carbocycles. The molecule has 0 bridgehead atoms. The first-order valence-corrected chi connectivity index (χ1v) is 43.7. The summed E-state index contributed by atoms with van der Waals surface area (Å²) in [6, 6.07) is 6.63. The van der Waals surface area contributed by atoms with Crippen LogP contribution >= 0.6 is 0 Å². The molecule has 6 amide bonds. The first-order valence-electron chi connectivity index (χ1n) is 40.8. The topological polar surface area (TPSA) is 313 Å². The third-order valence-corrected chi connectivity index (χ3v) is 31.1. The number of hydrogen-bond acceptors (Lipinski definition) is 18. The molecule has 32 heteroatoms. The molecule has 116 heavy (non-hydrogen) atoms. The molecule has 0 spiro atoms. The number of ketones is 2. The van der Waals surface area contributed by atoms with Gasteiger partial charge in [-0.05, 0) is 177 Å². The van der Waals surface area contributed by atoms with Crippen molar-refractivity contribution >= 4 is 79.4 Å². The van der Waals surface area contributed by atoms with E-state index >= 15 is 0 Å². The molecule has 6 heterocycles. The lowest BCUT2D eigenvalue weighted by Crippen LogP contribution is -2.49. The average molecular weight is 1670 g/mol. The Bertz CT molecular complexity index is 4200. The highest BCUT2D eigenvalue weighted by Gasteiger charge is 2.65. The lowest BCUT2D eigenvalue weighted by atomic mass is 9.79. The molecular weight excluding hydrogens is 1560 g/mol. The van der Waals surface area contributed by atoms with Crippen LogP contribution in [0, 0.1) is 69.8 Å². The van der Waals surface area contributed by atoms with Crippen LogP contribution in [0.2, 0.25) is 0 Å². The number of hydrogen-bond donors (Lipinski definition) is 2. The molecular formula is C84H112F6N6O18S2. The summed E-state index contributed by atoms with van der Waals surface area (Å²) in [7, 11) is -8.09. The van der Waals surface area contributed by atoms with Gasteiger partial charge in [0, 0.05) is 63.7 Å². The molecule has 0 aromatic heterocycles. The lowest BCUT2D eigenvalue weighted by Gasteiger charge is -2.35. The van der Waals surface area contributed by atoms with Gasteiger partial charge < -0.3 is 28.7 Å². The number of sulfonamides is 2. The summed E-state index contributed by atoms with van der Waals surface area (Å²) in [6.45, 7) is 16.1. The number of ether oxygens (including phenoxy) is 4. The van der Waals surface area contributed by atoms with Gasteiger partial charge in [0.1, 0.15) is 23.8 Å². The van der Waals surface area contributed by atoms with E-state index < -0.39 is 220 Å². The number of carbonyl (C=O) groups excluding carboxylic acids is 10. The van der Waals surface area contributed by atoms with E-state index in [1.807, 2.05) is 52.0 Å². The van der Waals surface area contributed by atoms with Crippen molar-refractivity contribution in [3.8, 4) is 0 Å². The minimum atomic E-state index is -4.04. The molecule has 2 N–H and O–H groups in total. The van der Waals surface area contributed by atoms with Gasteiger partial charge in [-0.2, -0.15) is 0 Å². The number of Topliss-reactive ketones (excluding diaryl/α,β-unsaturated/α-hetero) is 2. The number of benzene rings is 2. The highest BCUT2D eigenvalue weighted by molar-refractivity contribution is 7.92. The fourth-order valence-electron chi connectivity index (χ4n) is 17.3. The number of nitrogens with zero attached hydrogens (tertiary/aromatic N) is 4. The highest BCUT2D eigenvalue weighted by atomic mass is 32.2. The number of allylic oxidation sites excluding steroid dienone is 4. The van der Waals surface area contributed by atoms with Gasteiger partial charge in [-0.25, -0.2) is 52.8 Å².